The average molecular weight is 497 g/mol. The van der Waals surface area contributed by atoms with Crippen LogP contribution >= 0.6 is 0 Å². The zero-order valence-electron chi connectivity index (χ0n) is 24.0. The topological polar surface area (TPSA) is 60.4 Å². The summed E-state index contributed by atoms with van der Waals surface area (Å²) >= 11 is 0. The maximum Gasteiger partial charge on any atom is 0.302 e. The second-order valence-corrected chi connectivity index (χ2v) is 14.9. The summed E-state index contributed by atoms with van der Waals surface area (Å²) in [6, 6.07) is 0. The van der Waals surface area contributed by atoms with Gasteiger partial charge < -0.3 is 9.53 Å². The number of ketones is 1. The van der Waals surface area contributed by atoms with Crippen molar-refractivity contribution in [3.63, 3.8) is 0 Å². The number of hydrogen-bond donors (Lipinski definition) is 0. The van der Waals surface area contributed by atoms with E-state index in [9.17, 15) is 14.4 Å². The van der Waals surface area contributed by atoms with Gasteiger partial charge in [-0.15, -0.1) is 0 Å². The van der Waals surface area contributed by atoms with E-state index in [2.05, 4.69) is 48.5 Å². The standard InChI is InChI=1S/C32H48O4/c1-19(2)26-22(35)17-32(18-33)16-15-30(7)21(27(26)32)9-10-24-29(6)13-12-25(36-20(3)34)28(4,5)23(29)11-14-31(24,30)8/h18-19,21,23-25H,9-17H2,1-8H3/t21-,23+,24-,25+,29+,30-,31-,32+/m1/s1. The minimum absolute atomic E-state index is 0.00416. The molecule has 0 spiro atoms. The van der Waals surface area contributed by atoms with Crippen LogP contribution in [0.2, 0.25) is 0 Å². The third-order valence-corrected chi connectivity index (χ3v) is 13.0. The predicted octanol–water partition coefficient (Wildman–Crippen LogP) is 7.10. The van der Waals surface area contributed by atoms with Crippen LogP contribution in [-0.4, -0.2) is 24.1 Å². The van der Waals surface area contributed by atoms with Crippen molar-refractivity contribution in [2.24, 2.45) is 50.7 Å². The monoisotopic (exact) mass is 496 g/mol. The van der Waals surface area contributed by atoms with Gasteiger partial charge in [-0.3, -0.25) is 9.59 Å². The molecule has 4 heteroatoms. The Morgan fingerprint density at radius 1 is 0.917 bits per heavy atom. The number of allylic oxidation sites excluding steroid dienone is 2. The van der Waals surface area contributed by atoms with E-state index >= 15 is 0 Å². The molecule has 36 heavy (non-hydrogen) atoms. The first-order valence-corrected chi connectivity index (χ1v) is 14.6. The molecule has 0 radical (unpaired) electrons. The SMILES string of the molecule is CC(=O)O[C@H]1CC[C@]2(C)[C@H]3CC[C@@H]4C5=C(C(C)C)C(=O)C[C@]5(C=O)CC[C@@]4(C)[C@]3(C)CC[C@H]2C1(C)C. The molecule has 4 fully saturated rings. The Hall–Kier alpha value is -1.45. The van der Waals surface area contributed by atoms with Crippen LogP contribution in [0, 0.1) is 50.7 Å². The van der Waals surface area contributed by atoms with Crippen LogP contribution in [0.5, 0.6) is 0 Å². The van der Waals surface area contributed by atoms with Crippen molar-refractivity contribution in [3.8, 4) is 0 Å². The van der Waals surface area contributed by atoms with Gasteiger partial charge in [-0.2, -0.15) is 0 Å². The number of ether oxygens (including phenoxy) is 1. The Balaban J connectivity index is 1.56. The highest BCUT2D eigenvalue weighted by molar-refractivity contribution is 6.03. The summed E-state index contributed by atoms with van der Waals surface area (Å²) in [5.74, 6) is 1.69. The molecule has 0 aromatic heterocycles. The van der Waals surface area contributed by atoms with Crippen molar-refractivity contribution in [2.45, 2.75) is 119 Å². The highest BCUT2D eigenvalue weighted by Crippen LogP contribution is 2.76. The van der Waals surface area contributed by atoms with Crippen molar-refractivity contribution in [2.75, 3.05) is 0 Å². The maximum atomic E-state index is 13.3. The molecule has 0 bridgehead atoms. The first kappa shape index (κ1) is 26.2. The first-order valence-electron chi connectivity index (χ1n) is 14.6. The number of carbonyl (C=O) groups is 3. The van der Waals surface area contributed by atoms with E-state index < -0.39 is 5.41 Å². The highest BCUT2D eigenvalue weighted by atomic mass is 16.5. The molecule has 8 atom stereocenters. The fourth-order valence-corrected chi connectivity index (χ4v) is 11.2. The van der Waals surface area contributed by atoms with Crippen molar-refractivity contribution in [1.29, 1.82) is 0 Å². The van der Waals surface area contributed by atoms with Crippen LogP contribution in [0.25, 0.3) is 0 Å². The molecule has 0 N–H and O–H groups in total. The smallest absolute Gasteiger partial charge is 0.302 e. The third-order valence-electron chi connectivity index (χ3n) is 13.0. The van der Waals surface area contributed by atoms with Crippen LogP contribution in [0.1, 0.15) is 113 Å². The van der Waals surface area contributed by atoms with E-state index in [0.717, 1.165) is 56.8 Å². The van der Waals surface area contributed by atoms with Gasteiger partial charge in [0.1, 0.15) is 12.4 Å². The van der Waals surface area contributed by atoms with Crippen LogP contribution < -0.4 is 0 Å². The molecule has 0 unspecified atom stereocenters. The van der Waals surface area contributed by atoms with Gasteiger partial charge in [0, 0.05) is 18.8 Å². The number of carbonyl (C=O) groups excluding carboxylic acids is 3. The summed E-state index contributed by atoms with van der Waals surface area (Å²) in [6.07, 6.45) is 10.0. The number of rotatable bonds is 3. The summed E-state index contributed by atoms with van der Waals surface area (Å²) in [5.41, 5.74) is 2.12. The summed E-state index contributed by atoms with van der Waals surface area (Å²) < 4.78 is 5.87. The van der Waals surface area contributed by atoms with Crippen LogP contribution in [0.15, 0.2) is 11.1 Å². The Bertz CT molecular complexity index is 1020. The Morgan fingerprint density at radius 2 is 1.61 bits per heavy atom. The molecule has 0 aromatic carbocycles. The van der Waals surface area contributed by atoms with Gasteiger partial charge in [0.05, 0.1) is 5.41 Å². The van der Waals surface area contributed by atoms with E-state index in [-0.39, 0.29) is 45.4 Å². The van der Waals surface area contributed by atoms with Gasteiger partial charge in [-0.05, 0) is 102 Å². The van der Waals surface area contributed by atoms with Gasteiger partial charge in [-0.1, -0.05) is 48.5 Å². The molecule has 200 valence electrons. The molecule has 4 nitrogen and oxygen atoms in total. The molecule has 0 saturated heterocycles. The number of fused-ring (bicyclic) bond motifs is 7. The fraction of sp³-hybridized carbons (Fsp3) is 0.844. The zero-order valence-corrected chi connectivity index (χ0v) is 24.0. The quantitative estimate of drug-likeness (QED) is 0.309. The Kier molecular flexibility index (Phi) is 5.83. The molecule has 5 aliphatic rings. The lowest BCUT2D eigenvalue weighted by Crippen LogP contribution is -2.65. The van der Waals surface area contributed by atoms with Crippen LogP contribution in [0.3, 0.4) is 0 Å². The van der Waals surface area contributed by atoms with E-state index in [1.165, 1.54) is 12.0 Å². The summed E-state index contributed by atoms with van der Waals surface area (Å²) in [4.78, 5) is 37.7. The normalized spacial score (nSPS) is 47.5. The molecular weight excluding hydrogens is 448 g/mol. The van der Waals surface area contributed by atoms with Crippen molar-refractivity contribution >= 4 is 18.0 Å². The van der Waals surface area contributed by atoms with Crippen LogP contribution in [-0.2, 0) is 19.1 Å². The summed E-state index contributed by atoms with van der Waals surface area (Å²) in [6.45, 7) is 18.1. The summed E-state index contributed by atoms with van der Waals surface area (Å²) in [7, 11) is 0. The number of Topliss-reactive ketones (excluding diaryl/α,β-unsaturated/α-hetero) is 1. The third kappa shape index (κ3) is 3.14. The second-order valence-electron chi connectivity index (χ2n) is 14.9. The predicted molar refractivity (Wildman–Crippen MR) is 141 cm³/mol. The molecule has 0 aliphatic heterocycles. The van der Waals surface area contributed by atoms with Gasteiger partial charge in [0.25, 0.3) is 0 Å². The molecule has 5 rings (SSSR count). The van der Waals surface area contributed by atoms with E-state index in [1.807, 2.05) is 0 Å². The summed E-state index contributed by atoms with van der Waals surface area (Å²) in [5, 5.41) is 0. The Labute approximate surface area is 218 Å². The lowest BCUT2D eigenvalue weighted by atomic mass is 9.33. The van der Waals surface area contributed by atoms with Gasteiger partial charge in [0.15, 0.2) is 5.78 Å². The second kappa shape index (κ2) is 8.03. The highest BCUT2D eigenvalue weighted by Gasteiger charge is 2.70. The molecule has 5 aliphatic carbocycles. The molecule has 0 aromatic rings. The van der Waals surface area contributed by atoms with Gasteiger partial charge in [0.2, 0.25) is 0 Å². The minimum atomic E-state index is -0.546. The first-order chi connectivity index (χ1) is 16.7. The molecular formula is C32H48O4. The van der Waals surface area contributed by atoms with Gasteiger partial charge >= 0.3 is 5.97 Å². The van der Waals surface area contributed by atoms with Crippen LogP contribution in [0.4, 0.5) is 0 Å². The number of hydrogen-bond acceptors (Lipinski definition) is 4. The van der Waals surface area contributed by atoms with E-state index in [4.69, 9.17) is 4.74 Å². The van der Waals surface area contributed by atoms with E-state index in [0.29, 0.717) is 24.2 Å². The Morgan fingerprint density at radius 3 is 2.22 bits per heavy atom. The average Bonchev–Trinajstić information content (AvgIpc) is 3.09. The maximum absolute atomic E-state index is 13.3. The molecule has 4 saturated carbocycles. The van der Waals surface area contributed by atoms with Crippen molar-refractivity contribution in [1.82, 2.24) is 0 Å². The van der Waals surface area contributed by atoms with Gasteiger partial charge in [-0.25, -0.2) is 0 Å². The lowest BCUT2D eigenvalue weighted by Gasteiger charge is -2.72. The number of esters is 1. The largest absolute Gasteiger partial charge is 0.462 e. The molecule has 0 amide bonds. The lowest BCUT2D eigenvalue weighted by molar-refractivity contribution is -0.232. The van der Waals surface area contributed by atoms with Crippen molar-refractivity contribution in [3.05, 3.63) is 11.1 Å². The zero-order chi connectivity index (χ0) is 26.5. The number of aldehydes is 1. The fourth-order valence-electron chi connectivity index (χ4n) is 11.2. The van der Waals surface area contributed by atoms with Crippen molar-refractivity contribution < 1.29 is 19.1 Å². The molecule has 0 heterocycles. The minimum Gasteiger partial charge on any atom is -0.462 e. The van der Waals surface area contributed by atoms with E-state index in [1.54, 1.807) is 6.92 Å².